The lowest BCUT2D eigenvalue weighted by Crippen LogP contribution is -2.28. The van der Waals surface area contributed by atoms with Crippen LogP contribution in [-0.4, -0.2) is 31.3 Å². The van der Waals surface area contributed by atoms with Crippen molar-refractivity contribution in [2.45, 2.75) is 31.8 Å². The fraction of sp³-hybridized carbons (Fsp3) is 0.462. The molecule has 2 aromatic rings. The van der Waals surface area contributed by atoms with Crippen LogP contribution in [0, 0.1) is 6.92 Å². The molecule has 5 nitrogen and oxygen atoms in total. The van der Waals surface area contributed by atoms with Crippen LogP contribution in [0.4, 0.5) is 0 Å². The number of nitrogens with one attached hydrogen (secondary N) is 1. The molecule has 0 saturated heterocycles. The number of aryl methyl sites for hydroxylation is 1. The molecule has 0 saturated carbocycles. The van der Waals surface area contributed by atoms with Crippen molar-refractivity contribution in [1.82, 2.24) is 14.6 Å². The molecule has 0 atom stereocenters. The molecule has 0 aliphatic heterocycles. The summed E-state index contributed by atoms with van der Waals surface area (Å²) in [4.78, 5) is 5.45. The third kappa shape index (κ3) is 3.70. The SMILES string of the molecule is CCNCc1scc(C)c1S(=O)(=O)N(C)Cc1cscn1. The van der Waals surface area contributed by atoms with E-state index < -0.39 is 10.0 Å². The zero-order chi connectivity index (χ0) is 15.5. The molecule has 0 unspecified atom stereocenters. The molecule has 0 aromatic carbocycles. The zero-order valence-electron chi connectivity index (χ0n) is 12.3. The van der Waals surface area contributed by atoms with Crippen molar-refractivity contribution in [3.63, 3.8) is 0 Å². The maximum atomic E-state index is 12.8. The monoisotopic (exact) mass is 345 g/mol. The molecule has 2 rings (SSSR count). The molecule has 8 heteroatoms. The lowest BCUT2D eigenvalue weighted by molar-refractivity contribution is 0.462. The molecule has 0 aliphatic rings. The molecule has 0 amide bonds. The number of sulfonamides is 1. The minimum atomic E-state index is -3.50. The van der Waals surface area contributed by atoms with Gasteiger partial charge in [0.1, 0.15) is 4.90 Å². The van der Waals surface area contributed by atoms with Crippen molar-refractivity contribution >= 4 is 32.7 Å². The Morgan fingerprint density at radius 1 is 1.38 bits per heavy atom. The van der Waals surface area contributed by atoms with Gasteiger partial charge in [-0.2, -0.15) is 4.31 Å². The topological polar surface area (TPSA) is 62.3 Å². The fourth-order valence-electron chi connectivity index (χ4n) is 1.98. The van der Waals surface area contributed by atoms with Crippen molar-refractivity contribution in [1.29, 1.82) is 0 Å². The Hall–Kier alpha value is -0.800. The fourth-order valence-corrected chi connectivity index (χ4v) is 5.39. The van der Waals surface area contributed by atoms with Crippen molar-refractivity contribution in [3.05, 3.63) is 32.4 Å². The first-order chi connectivity index (χ1) is 9.96. The Bertz CT molecular complexity index is 678. The van der Waals surface area contributed by atoms with Gasteiger partial charge in [0, 0.05) is 23.8 Å². The number of thiophene rings is 1. The van der Waals surface area contributed by atoms with Crippen molar-refractivity contribution < 1.29 is 8.42 Å². The molecule has 0 aliphatic carbocycles. The number of thiazole rings is 1. The molecule has 0 radical (unpaired) electrons. The molecule has 2 heterocycles. The van der Waals surface area contributed by atoms with Gasteiger partial charge < -0.3 is 5.32 Å². The first kappa shape index (κ1) is 16.6. The maximum Gasteiger partial charge on any atom is 0.244 e. The third-order valence-corrected chi connectivity index (χ3v) is 6.96. The van der Waals surface area contributed by atoms with Gasteiger partial charge in [-0.15, -0.1) is 22.7 Å². The van der Waals surface area contributed by atoms with Crippen LogP contribution in [0.15, 0.2) is 21.2 Å². The van der Waals surface area contributed by atoms with E-state index in [1.54, 1.807) is 12.6 Å². The summed E-state index contributed by atoms with van der Waals surface area (Å²) in [7, 11) is -1.90. The third-order valence-electron chi connectivity index (χ3n) is 3.06. The van der Waals surface area contributed by atoms with Crippen LogP contribution in [0.2, 0.25) is 0 Å². The highest BCUT2D eigenvalue weighted by Crippen LogP contribution is 2.29. The van der Waals surface area contributed by atoms with Crippen molar-refractivity contribution in [2.75, 3.05) is 13.6 Å². The number of rotatable bonds is 7. The largest absolute Gasteiger partial charge is 0.312 e. The predicted molar refractivity (Wildman–Crippen MR) is 87.2 cm³/mol. The van der Waals surface area contributed by atoms with Gasteiger partial charge in [-0.1, -0.05) is 6.92 Å². The predicted octanol–water partition coefficient (Wildman–Crippen LogP) is 2.44. The summed E-state index contributed by atoms with van der Waals surface area (Å²) < 4.78 is 27.0. The Kier molecular flexibility index (Phi) is 5.50. The second-order valence-corrected chi connectivity index (χ2v) is 8.36. The summed E-state index contributed by atoms with van der Waals surface area (Å²) in [6, 6.07) is 0. The average Bonchev–Trinajstić information content (AvgIpc) is 3.06. The lowest BCUT2D eigenvalue weighted by Gasteiger charge is -2.17. The summed E-state index contributed by atoms with van der Waals surface area (Å²) >= 11 is 2.95. The molecule has 0 bridgehead atoms. The molecular weight excluding hydrogens is 326 g/mol. The average molecular weight is 346 g/mol. The van der Waals surface area contributed by atoms with Gasteiger partial charge in [0.2, 0.25) is 10.0 Å². The van der Waals surface area contributed by atoms with Gasteiger partial charge in [0.25, 0.3) is 0 Å². The second kappa shape index (κ2) is 6.97. The summed E-state index contributed by atoms with van der Waals surface area (Å²) in [5.74, 6) is 0. The van der Waals surface area contributed by atoms with E-state index >= 15 is 0 Å². The molecule has 21 heavy (non-hydrogen) atoms. The standard InChI is InChI=1S/C13H19N3O2S3/c1-4-14-5-12-13(10(2)7-20-12)21(17,18)16(3)6-11-8-19-9-15-11/h7-9,14H,4-6H2,1-3H3. The first-order valence-corrected chi connectivity index (χ1v) is 9.84. The molecule has 0 fully saturated rings. The van der Waals surface area contributed by atoms with Gasteiger partial charge in [0.05, 0.1) is 17.7 Å². The number of hydrogen-bond donors (Lipinski definition) is 1. The Balaban J connectivity index is 2.28. The van der Waals surface area contributed by atoms with Crippen LogP contribution < -0.4 is 5.32 Å². The molecule has 1 N–H and O–H groups in total. The van der Waals surface area contributed by atoms with Crippen LogP contribution >= 0.6 is 22.7 Å². The molecule has 0 spiro atoms. The first-order valence-electron chi connectivity index (χ1n) is 6.58. The highest BCUT2D eigenvalue weighted by molar-refractivity contribution is 7.89. The molecule has 116 valence electrons. The van der Waals surface area contributed by atoms with Crippen LogP contribution in [0.25, 0.3) is 0 Å². The number of hydrogen-bond acceptors (Lipinski definition) is 6. The quantitative estimate of drug-likeness (QED) is 0.837. The van der Waals surface area contributed by atoms with E-state index in [4.69, 9.17) is 0 Å². The van der Waals surface area contributed by atoms with E-state index in [1.165, 1.54) is 27.0 Å². The lowest BCUT2D eigenvalue weighted by atomic mass is 10.3. The smallest absolute Gasteiger partial charge is 0.244 e. The van der Waals surface area contributed by atoms with Gasteiger partial charge in [-0.05, 0) is 24.4 Å². The Labute approximate surface area is 133 Å². The van der Waals surface area contributed by atoms with E-state index in [9.17, 15) is 8.42 Å². The zero-order valence-corrected chi connectivity index (χ0v) is 14.7. The Morgan fingerprint density at radius 2 is 2.14 bits per heavy atom. The number of nitrogens with zero attached hydrogens (tertiary/aromatic N) is 2. The van der Waals surface area contributed by atoms with E-state index in [2.05, 4.69) is 10.3 Å². The highest BCUT2D eigenvalue weighted by Gasteiger charge is 2.27. The van der Waals surface area contributed by atoms with Crippen LogP contribution in [0.5, 0.6) is 0 Å². The second-order valence-electron chi connectivity index (χ2n) is 4.69. The van der Waals surface area contributed by atoms with E-state index in [0.717, 1.165) is 22.7 Å². The van der Waals surface area contributed by atoms with Gasteiger partial charge in [-0.3, -0.25) is 0 Å². The summed E-state index contributed by atoms with van der Waals surface area (Å²) in [6.45, 7) is 5.53. The van der Waals surface area contributed by atoms with Crippen LogP contribution in [0.1, 0.15) is 23.1 Å². The van der Waals surface area contributed by atoms with Gasteiger partial charge >= 0.3 is 0 Å². The molecule has 2 aromatic heterocycles. The summed E-state index contributed by atoms with van der Waals surface area (Å²) in [5, 5.41) is 6.96. The molecular formula is C13H19N3O2S3. The van der Waals surface area contributed by atoms with Crippen molar-refractivity contribution in [3.8, 4) is 0 Å². The normalized spacial score (nSPS) is 12.2. The van der Waals surface area contributed by atoms with Crippen LogP contribution in [-0.2, 0) is 23.1 Å². The van der Waals surface area contributed by atoms with Gasteiger partial charge in [-0.25, -0.2) is 13.4 Å². The minimum absolute atomic E-state index is 0.293. The van der Waals surface area contributed by atoms with Crippen LogP contribution in [0.3, 0.4) is 0 Å². The Morgan fingerprint density at radius 3 is 2.76 bits per heavy atom. The van der Waals surface area contributed by atoms with E-state index in [1.807, 2.05) is 24.6 Å². The van der Waals surface area contributed by atoms with Gasteiger partial charge in [0.15, 0.2) is 0 Å². The minimum Gasteiger partial charge on any atom is -0.312 e. The number of aromatic nitrogens is 1. The summed E-state index contributed by atoms with van der Waals surface area (Å²) in [6.07, 6.45) is 0. The maximum absolute atomic E-state index is 12.8. The van der Waals surface area contributed by atoms with E-state index in [-0.39, 0.29) is 0 Å². The highest BCUT2D eigenvalue weighted by atomic mass is 32.2. The van der Waals surface area contributed by atoms with Crippen molar-refractivity contribution in [2.24, 2.45) is 0 Å². The summed E-state index contributed by atoms with van der Waals surface area (Å²) in [5.41, 5.74) is 3.28. The van der Waals surface area contributed by atoms with E-state index in [0.29, 0.717) is 18.0 Å².